The lowest BCUT2D eigenvalue weighted by Gasteiger charge is -2.19. The number of rotatable bonds is 5. The van der Waals surface area contributed by atoms with E-state index in [1.165, 1.54) is 0 Å². The number of para-hydroxylation sites is 1. The highest BCUT2D eigenvalue weighted by molar-refractivity contribution is 6.24. The molecule has 5 nitrogen and oxygen atoms in total. The Kier molecular flexibility index (Phi) is 4.47. The van der Waals surface area contributed by atoms with Gasteiger partial charge in [-0.1, -0.05) is 36.4 Å². The highest BCUT2D eigenvalue weighted by atomic mass is 16.3. The van der Waals surface area contributed by atoms with Crippen molar-refractivity contribution >= 4 is 38.9 Å². The Bertz CT molecular complexity index is 1140. The topological polar surface area (TPSA) is 79.3 Å². The van der Waals surface area contributed by atoms with Gasteiger partial charge < -0.3 is 10.4 Å². The fourth-order valence-corrected chi connectivity index (χ4v) is 3.73. The van der Waals surface area contributed by atoms with Gasteiger partial charge in [0.2, 0.25) is 5.91 Å². The number of nitrogens with one attached hydrogen (secondary N) is 1. The summed E-state index contributed by atoms with van der Waals surface area (Å²) in [4.78, 5) is 29.5. The molecule has 0 spiro atoms. The molecule has 1 aliphatic carbocycles. The van der Waals surface area contributed by atoms with E-state index in [1.807, 2.05) is 42.5 Å². The van der Waals surface area contributed by atoms with Crippen LogP contribution in [0, 0.1) is 0 Å². The Labute approximate surface area is 163 Å². The predicted molar refractivity (Wildman–Crippen MR) is 110 cm³/mol. The van der Waals surface area contributed by atoms with Gasteiger partial charge >= 0.3 is 0 Å². The van der Waals surface area contributed by atoms with E-state index in [1.54, 1.807) is 19.9 Å². The Morgan fingerprint density at radius 2 is 1.86 bits per heavy atom. The van der Waals surface area contributed by atoms with Crippen molar-refractivity contribution in [2.75, 3.05) is 6.54 Å². The zero-order chi connectivity index (χ0) is 19.9. The number of benzene rings is 2. The molecule has 1 amide bonds. The first-order chi connectivity index (χ1) is 13.3. The smallest absolute Gasteiger partial charge is 0.222 e. The fourth-order valence-electron chi connectivity index (χ4n) is 3.73. The summed E-state index contributed by atoms with van der Waals surface area (Å²) in [6.07, 6.45) is 2.16. The molecular weight excluding hydrogens is 352 g/mol. The Morgan fingerprint density at radius 1 is 1.11 bits per heavy atom. The van der Waals surface area contributed by atoms with Gasteiger partial charge in [0.25, 0.3) is 0 Å². The van der Waals surface area contributed by atoms with E-state index in [0.29, 0.717) is 18.5 Å². The molecule has 0 atom stereocenters. The summed E-state index contributed by atoms with van der Waals surface area (Å²) >= 11 is 0. The van der Waals surface area contributed by atoms with Crippen LogP contribution in [0.25, 0.3) is 27.2 Å². The molecule has 0 saturated carbocycles. The van der Waals surface area contributed by atoms with Crippen LogP contribution in [0.5, 0.6) is 0 Å². The summed E-state index contributed by atoms with van der Waals surface area (Å²) in [6, 6.07) is 13.7. The van der Waals surface area contributed by atoms with Crippen molar-refractivity contribution in [2.45, 2.75) is 32.3 Å². The lowest BCUT2D eigenvalue weighted by Crippen LogP contribution is -2.32. The molecule has 1 aliphatic rings. The zero-order valence-electron chi connectivity index (χ0n) is 16.0. The van der Waals surface area contributed by atoms with Gasteiger partial charge in [0, 0.05) is 22.9 Å². The zero-order valence-corrected chi connectivity index (χ0v) is 16.0. The highest BCUT2D eigenvalue weighted by Crippen LogP contribution is 2.36. The van der Waals surface area contributed by atoms with Crippen LogP contribution in [0.3, 0.4) is 0 Å². The first-order valence-electron chi connectivity index (χ1n) is 9.39. The van der Waals surface area contributed by atoms with Crippen molar-refractivity contribution in [3.63, 3.8) is 0 Å². The largest absolute Gasteiger partial charge is 0.390 e. The van der Waals surface area contributed by atoms with Crippen LogP contribution in [-0.4, -0.2) is 33.9 Å². The van der Waals surface area contributed by atoms with Crippen LogP contribution in [-0.2, 0) is 4.79 Å². The first kappa shape index (κ1) is 18.3. The van der Waals surface area contributed by atoms with Crippen LogP contribution in [0.4, 0.5) is 0 Å². The fraction of sp³-hybridized carbons (Fsp3) is 0.261. The number of hydrogen-bond acceptors (Lipinski definition) is 4. The Balaban J connectivity index is 1.68. The lowest BCUT2D eigenvalue weighted by atomic mass is 9.88. The van der Waals surface area contributed by atoms with Crippen molar-refractivity contribution in [3.8, 4) is 0 Å². The molecule has 0 fully saturated rings. The molecule has 142 valence electrons. The normalized spacial score (nSPS) is 13.7. The molecule has 0 bridgehead atoms. The van der Waals surface area contributed by atoms with E-state index in [-0.39, 0.29) is 18.1 Å². The molecule has 0 saturated heterocycles. The van der Waals surface area contributed by atoms with Gasteiger partial charge in [-0.3, -0.25) is 9.59 Å². The lowest BCUT2D eigenvalue weighted by molar-refractivity contribution is -0.124. The van der Waals surface area contributed by atoms with E-state index >= 15 is 0 Å². The van der Waals surface area contributed by atoms with Gasteiger partial charge in [0.15, 0.2) is 5.78 Å². The van der Waals surface area contributed by atoms with E-state index in [9.17, 15) is 14.7 Å². The molecule has 5 heteroatoms. The van der Waals surface area contributed by atoms with E-state index in [2.05, 4.69) is 5.32 Å². The number of carbonyl (C=O) groups is 2. The second kappa shape index (κ2) is 6.84. The molecule has 3 aromatic rings. The summed E-state index contributed by atoms with van der Waals surface area (Å²) in [6.45, 7) is 3.58. The molecule has 1 aromatic heterocycles. The number of aromatic nitrogens is 1. The van der Waals surface area contributed by atoms with Crippen molar-refractivity contribution in [1.82, 2.24) is 10.3 Å². The van der Waals surface area contributed by atoms with Gasteiger partial charge in [-0.05, 0) is 43.4 Å². The molecule has 0 unspecified atom stereocenters. The van der Waals surface area contributed by atoms with Crippen LogP contribution in [0.1, 0.15) is 42.7 Å². The van der Waals surface area contributed by atoms with Gasteiger partial charge in [-0.25, -0.2) is 4.98 Å². The molecule has 0 radical (unpaired) electrons. The van der Waals surface area contributed by atoms with Crippen molar-refractivity contribution in [1.29, 1.82) is 0 Å². The number of hydrogen-bond donors (Lipinski definition) is 2. The van der Waals surface area contributed by atoms with E-state index < -0.39 is 5.60 Å². The third-order valence-electron chi connectivity index (χ3n) is 4.91. The second-order valence-corrected chi connectivity index (χ2v) is 7.83. The highest BCUT2D eigenvalue weighted by Gasteiger charge is 2.23. The standard InChI is InChI=1S/C23H22N2O3/c1-23(2,28)13-20(27)24-11-10-14-12-19(26)17-8-5-7-16-15-6-3-4-9-18(15)25-22(14)21(16)17/h3-9,12,28H,10-11,13H2,1-2H3,(H,24,27). The maximum Gasteiger partial charge on any atom is 0.222 e. The third kappa shape index (κ3) is 3.41. The van der Waals surface area contributed by atoms with Crippen molar-refractivity contribution < 1.29 is 14.7 Å². The monoisotopic (exact) mass is 374 g/mol. The molecular formula is C23H22N2O3. The minimum absolute atomic E-state index is 0.0340. The minimum atomic E-state index is -1.05. The maximum atomic E-state index is 12.7. The third-order valence-corrected chi connectivity index (χ3v) is 4.91. The molecule has 2 aromatic carbocycles. The molecule has 28 heavy (non-hydrogen) atoms. The van der Waals surface area contributed by atoms with Gasteiger partial charge in [-0.2, -0.15) is 0 Å². The Hall–Kier alpha value is -3.05. The van der Waals surface area contributed by atoms with Gasteiger partial charge in [-0.15, -0.1) is 0 Å². The summed E-state index contributed by atoms with van der Waals surface area (Å²) in [5.74, 6) is -0.250. The number of ketones is 1. The second-order valence-electron chi connectivity index (χ2n) is 7.83. The Morgan fingerprint density at radius 3 is 2.64 bits per heavy atom. The van der Waals surface area contributed by atoms with Crippen LogP contribution in [0.15, 0.2) is 48.5 Å². The number of pyridine rings is 1. The van der Waals surface area contributed by atoms with Crippen LogP contribution < -0.4 is 5.32 Å². The summed E-state index contributed by atoms with van der Waals surface area (Å²) < 4.78 is 0. The minimum Gasteiger partial charge on any atom is -0.390 e. The SMILES string of the molecule is CC(C)(O)CC(=O)NCCC1=CC(=O)c2cccc3c2c1nc1ccccc13. The molecule has 4 rings (SSSR count). The van der Waals surface area contributed by atoms with Gasteiger partial charge in [0.05, 0.1) is 23.2 Å². The summed E-state index contributed by atoms with van der Waals surface area (Å²) in [5.41, 5.74) is 2.13. The number of aliphatic hydroxyl groups is 1. The van der Waals surface area contributed by atoms with Crippen molar-refractivity contribution in [2.24, 2.45) is 0 Å². The average Bonchev–Trinajstić information content (AvgIpc) is 2.64. The van der Waals surface area contributed by atoms with E-state index in [0.717, 1.165) is 32.9 Å². The molecule has 1 heterocycles. The summed E-state index contributed by atoms with van der Waals surface area (Å²) in [7, 11) is 0. The first-order valence-corrected chi connectivity index (χ1v) is 9.39. The molecule has 2 N–H and O–H groups in total. The quantitative estimate of drug-likeness (QED) is 0.669. The average molecular weight is 374 g/mol. The number of fused-ring (bicyclic) bond motifs is 2. The van der Waals surface area contributed by atoms with Crippen LogP contribution in [0.2, 0.25) is 0 Å². The predicted octanol–water partition coefficient (Wildman–Crippen LogP) is 3.64. The number of amides is 1. The van der Waals surface area contributed by atoms with E-state index in [4.69, 9.17) is 4.98 Å². The summed E-state index contributed by atoms with van der Waals surface area (Å²) in [5, 5.41) is 15.5. The maximum absolute atomic E-state index is 12.7. The van der Waals surface area contributed by atoms with Crippen molar-refractivity contribution in [3.05, 3.63) is 59.8 Å². The number of carbonyl (C=O) groups excluding carboxylic acids is 2. The van der Waals surface area contributed by atoms with Crippen LogP contribution >= 0.6 is 0 Å². The van der Waals surface area contributed by atoms with Gasteiger partial charge in [0.1, 0.15) is 0 Å². The molecule has 0 aliphatic heterocycles. The number of allylic oxidation sites excluding steroid dienone is 1. The number of nitrogens with zero attached hydrogens (tertiary/aromatic N) is 1.